The van der Waals surface area contributed by atoms with E-state index in [0.717, 1.165) is 6.26 Å². The summed E-state index contributed by atoms with van der Waals surface area (Å²) in [5.74, 6) is -0.725. The average Bonchev–Trinajstić information content (AvgIpc) is 2.75. The van der Waals surface area contributed by atoms with Crippen LogP contribution in [0.4, 0.5) is 0 Å². The number of sulfonamides is 1. The number of primary sulfonamides is 1. The van der Waals surface area contributed by atoms with Gasteiger partial charge in [-0.15, -0.1) is 0 Å². The summed E-state index contributed by atoms with van der Waals surface area (Å²) < 4.78 is 50.9. The molecule has 35 heavy (non-hydrogen) atoms. The lowest BCUT2D eigenvalue weighted by atomic mass is 10.1. The Balaban J connectivity index is 2.10. The van der Waals surface area contributed by atoms with Gasteiger partial charge in [-0.3, -0.25) is 14.8 Å². The highest BCUT2D eigenvalue weighted by atomic mass is 35.5. The van der Waals surface area contributed by atoms with Crippen LogP contribution < -0.4 is 20.9 Å². The van der Waals surface area contributed by atoms with Gasteiger partial charge in [-0.1, -0.05) is 11.6 Å². The van der Waals surface area contributed by atoms with Crippen LogP contribution in [0.15, 0.2) is 41.3 Å². The molecule has 14 heteroatoms. The minimum atomic E-state index is -3.89. The molecule has 1 aromatic carbocycles. The molecular weight excluding hydrogens is 522 g/mol. The maximum absolute atomic E-state index is 12.6. The smallest absolute Gasteiger partial charge is 0.264 e. The fraction of sp³-hybridized carbons (Fsp3) is 0.429. The standard InChI is InChI=1S/C21H28ClN3O8S2/c1-21(20(27)24-28,34(2,29)30)8-10-25-9-7-15(13-19(25)26)17-6-5-16(14-18(17)22)33-11-3-4-12-35(23,31)32/h5-7,9,13-14,28H,3-4,8,10-12H2,1-2H3,(H,24,27)(H2,23,31,32). The van der Waals surface area contributed by atoms with Gasteiger partial charge >= 0.3 is 0 Å². The van der Waals surface area contributed by atoms with Crippen LogP contribution in [0.5, 0.6) is 5.75 Å². The lowest BCUT2D eigenvalue weighted by Crippen LogP contribution is -2.49. The van der Waals surface area contributed by atoms with E-state index >= 15 is 0 Å². The zero-order valence-corrected chi connectivity index (χ0v) is 21.6. The zero-order chi connectivity index (χ0) is 26.4. The SMILES string of the molecule is CC(CCn1ccc(-c2ccc(OCCCCS(N)(=O)=O)cc2Cl)cc1=O)(C(=O)NO)S(C)(=O)=O. The number of pyridine rings is 1. The van der Waals surface area contributed by atoms with Gasteiger partial charge in [0.05, 0.1) is 17.4 Å². The minimum absolute atomic E-state index is 0.0813. The van der Waals surface area contributed by atoms with E-state index in [1.165, 1.54) is 29.2 Å². The third-order valence-electron chi connectivity index (χ3n) is 5.57. The van der Waals surface area contributed by atoms with Crippen molar-refractivity contribution >= 4 is 37.4 Å². The lowest BCUT2D eigenvalue weighted by Gasteiger charge is -2.25. The molecular formula is C21H28ClN3O8S2. The van der Waals surface area contributed by atoms with E-state index in [2.05, 4.69) is 0 Å². The first kappa shape index (κ1) is 28.8. The predicted octanol–water partition coefficient (Wildman–Crippen LogP) is 1.32. The summed E-state index contributed by atoms with van der Waals surface area (Å²) in [6.07, 6.45) is 2.97. The number of benzene rings is 1. The van der Waals surface area contributed by atoms with Gasteiger partial charge in [-0.05, 0) is 56.0 Å². The third kappa shape index (κ3) is 7.77. The number of aryl methyl sites for hydroxylation is 1. The predicted molar refractivity (Wildman–Crippen MR) is 132 cm³/mol. The molecule has 0 radical (unpaired) electrons. The van der Waals surface area contributed by atoms with E-state index in [1.54, 1.807) is 24.3 Å². The molecule has 2 rings (SSSR count). The summed E-state index contributed by atoms with van der Waals surface area (Å²) in [5.41, 5.74) is 2.02. The number of halogens is 1. The Morgan fingerprint density at radius 2 is 1.89 bits per heavy atom. The van der Waals surface area contributed by atoms with E-state index in [1.807, 2.05) is 0 Å². The number of nitrogens with zero attached hydrogens (tertiary/aromatic N) is 1. The van der Waals surface area contributed by atoms with Crippen molar-refractivity contribution in [3.63, 3.8) is 0 Å². The minimum Gasteiger partial charge on any atom is -0.494 e. The summed E-state index contributed by atoms with van der Waals surface area (Å²) in [5, 5.41) is 14.2. The van der Waals surface area contributed by atoms with Crippen molar-refractivity contribution in [2.24, 2.45) is 5.14 Å². The number of ether oxygens (including phenoxy) is 1. The van der Waals surface area contributed by atoms with Gasteiger partial charge < -0.3 is 9.30 Å². The molecule has 0 aliphatic heterocycles. The average molecular weight is 550 g/mol. The van der Waals surface area contributed by atoms with Gasteiger partial charge in [0.1, 0.15) is 5.75 Å². The maximum atomic E-state index is 12.6. The van der Waals surface area contributed by atoms with Gasteiger partial charge in [-0.25, -0.2) is 27.5 Å². The van der Waals surface area contributed by atoms with Crippen LogP contribution in [-0.4, -0.2) is 55.9 Å². The van der Waals surface area contributed by atoms with Gasteiger partial charge in [-0.2, -0.15) is 0 Å². The molecule has 1 aromatic heterocycles. The van der Waals surface area contributed by atoms with Crippen molar-refractivity contribution < 1.29 is 31.6 Å². The Labute approximate surface area is 208 Å². The number of sulfone groups is 1. The number of aromatic nitrogens is 1. The van der Waals surface area contributed by atoms with Crippen molar-refractivity contribution in [1.29, 1.82) is 0 Å². The van der Waals surface area contributed by atoms with Gasteiger partial charge in [0, 0.05) is 30.6 Å². The highest BCUT2D eigenvalue weighted by Crippen LogP contribution is 2.31. The molecule has 0 spiro atoms. The van der Waals surface area contributed by atoms with E-state index in [9.17, 15) is 26.4 Å². The van der Waals surface area contributed by atoms with Crippen LogP contribution in [0.1, 0.15) is 26.2 Å². The van der Waals surface area contributed by atoms with E-state index in [-0.39, 0.29) is 25.3 Å². The number of hydroxylamine groups is 1. The second-order valence-corrected chi connectivity index (χ2v) is 12.8. The molecule has 2 aromatic rings. The number of rotatable bonds is 12. The topological polar surface area (TPSA) is 175 Å². The van der Waals surface area contributed by atoms with Gasteiger partial charge in [0.25, 0.3) is 11.5 Å². The maximum Gasteiger partial charge on any atom is 0.264 e. The largest absolute Gasteiger partial charge is 0.494 e. The number of carbonyl (C=O) groups excluding carboxylic acids is 1. The first-order valence-corrected chi connectivity index (χ1v) is 14.4. The van der Waals surface area contributed by atoms with Crippen molar-refractivity contribution in [2.75, 3.05) is 18.6 Å². The molecule has 1 atom stereocenters. The van der Waals surface area contributed by atoms with E-state index in [0.29, 0.717) is 34.7 Å². The monoisotopic (exact) mass is 549 g/mol. The van der Waals surface area contributed by atoms with Crippen LogP contribution in [-0.2, 0) is 31.2 Å². The van der Waals surface area contributed by atoms with Crippen LogP contribution in [0.3, 0.4) is 0 Å². The number of nitrogens with two attached hydrogens (primary N) is 1. The van der Waals surface area contributed by atoms with Crippen molar-refractivity contribution in [3.8, 4) is 16.9 Å². The number of hydrogen-bond donors (Lipinski definition) is 3. The molecule has 194 valence electrons. The van der Waals surface area contributed by atoms with Crippen molar-refractivity contribution in [2.45, 2.75) is 37.5 Å². The fourth-order valence-corrected chi connectivity index (χ4v) is 4.93. The number of amides is 1. The number of hydrogen-bond acceptors (Lipinski definition) is 8. The second-order valence-electron chi connectivity index (χ2n) is 8.21. The Hall–Kier alpha value is -2.45. The molecule has 0 saturated carbocycles. The third-order valence-corrected chi connectivity index (χ3v) is 8.77. The lowest BCUT2D eigenvalue weighted by molar-refractivity contribution is -0.131. The first-order chi connectivity index (χ1) is 16.2. The van der Waals surface area contributed by atoms with Crippen LogP contribution in [0.25, 0.3) is 11.1 Å². The highest BCUT2D eigenvalue weighted by Gasteiger charge is 2.43. The Morgan fingerprint density at radius 1 is 1.20 bits per heavy atom. The molecule has 0 aliphatic carbocycles. The normalized spacial score (nSPS) is 13.7. The molecule has 1 unspecified atom stereocenters. The first-order valence-electron chi connectivity index (χ1n) is 10.5. The molecule has 0 aliphatic rings. The summed E-state index contributed by atoms with van der Waals surface area (Å²) in [6, 6.07) is 7.87. The van der Waals surface area contributed by atoms with Gasteiger partial charge in [0.2, 0.25) is 10.0 Å². The number of nitrogens with one attached hydrogen (secondary N) is 1. The second kappa shape index (κ2) is 11.5. The Kier molecular flexibility index (Phi) is 9.48. The summed E-state index contributed by atoms with van der Waals surface area (Å²) >= 11 is 6.36. The van der Waals surface area contributed by atoms with Crippen LogP contribution >= 0.6 is 11.6 Å². The zero-order valence-electron chi connectivity index (χ0n) is 19.2. The molecule has 0 fully saturated rings. The Bertz CT molecular complexity index is 1340. The van der Waals surface area contributed by atoms with Gasteiger partial charge in [0.15, 0.2) is 14.6 Å². The Morgan fingerprint density at radius 3 is 2.43 bits per heavy atom. The molecule has 1 amide bonds. The summed E-state index contributed by atoms with van der Waals surface area (Å²) in [4.78, 5) is 24.6. The molecule has 11 nitrogen and oxygen atoms in total. The highest BCUT2D eigenvalue weighted by molar-refractivity contribution is 7.92. The molecule has 0 bridgehead atoms. The van der Waals surface area contributed by atoms with E-state index < -0.39 is 36.1 Å². The van der Waals surface area contributed by atoms with Crippen LogP contribution in [0.2, 0.25) is 5.02 Å². The number of unbranched alkanes of at least 4 members (excludes halogenated alkanes) is 1. The van der Waals surface area contributed by atoms with Crippen LogP contribution in [0, 0.1) is 0 Å². The molecule has 4 N–H and O–H groups in total. The van der Waals surface area contributed by atoms with Crippen molar-refractivity contribution in [3.05, 3.63) is 51.9 Å². The molecule has 1 heterocycles. The van der Waals surface area contributed by atoms with Crippen molar-refractivity contribution in [1.82, 2.24) is 10.0 Å². The molecule has 0 saturated heterocycles. The number of carbonyl (C=O) groups is 1. The summed E-state index contributed by atoms with van der Waals surface area (Å²) in [7, 11) is -7.39. The fourth-order valence-electron chi connectivity index (χ4n) is 3.19. The quantitative estimate of drug-likeness (QED) is 0.202. The van der Waals surface area contributed by atoms with E-state index in [4.69, 9.17) is 26.7 Å². The summed E-state index contributed by atoms with van der Waals surface area (Å²) in [6.45, 7) is 1.38.